The van der Waals surface area contributed by atoms with Crippen molar-refractivity contribution in [3.05, 3.63) is 29.8 Å². The summed E-state index contributed by atoms with van der Waals surface area (Å²) < 4.78 is 5.66. The van der Waals surface area contributed by atoms with Crippen molar-refractivity contribution >= 4 is 0 Å². The van der Waals surface area contributed by atoms with E-state index in [2.05, 4.69) is 11.4 Å². The second-order valence-corrected chi connectivity index (χ2v) is 3.04. The van der Waals surface area contributed by atoms with E-state index < -0.39 is 0 Å². The molecular formula is C10H12NOY-. The van der Waals surface area contributed by atoms with Crippen LogP contribution in [0.1, 0.15) is 5.56 Å². The summed E-state index contributed by atoms with van der Waals surface area (Å²) in [6.07, 6.45) is 1.31. The molecule has 67 valence electrons. The second-order valence-electron chi connectivity index (χ2n) is 3.04. The van der Waals surface area contributed by atoms with Crippen LogP contribution in [-0.2, 0) is 39.1 Å². The molecule has 0 spiro atoms. The third-order valence-electron chi connectivity index (χ3n) is 2.08. The molecular weight excluding hydrogens is 239 g/mol. The van der Waals surface area contributed by atoms with Gasteiger partial charge in [-0.2, -0.15) is 18.2 Å². The molecule has 1 aromatic rings. The molecule has 1 N–H and O–H groups in total. The van der Waals surface area contributed by atoms with Crippen molar-refractivity contribution < 1.29 is 37.4 Å². The summed E-state index contributed by atoms with van der Waals surface area (Å²) in [6.45, 7) is 0.911. The summed E-state index contributed by atoms with van der Waals surface area (Å²) in [5.74, 6) is 1.02. The Bertz CT molecular complexity index is 252. The van der Waals surface area contributed by atoms with Crippen LogP contribution in [0.2, 0.25) is 0 Å². The van der Waals surface area contributed by atoms with Gasteiger partial charge in [0.05, 0.1) is 0 Å². The standard InChI is InChI=1S/C10H12NO.Y/c1-11-7-9-6-8-4-2-3-5-10(8)12-9;/h3-5,9,11H,6-7H2,1H3;/q-1;. The zero-order valence-corrected chi connectivity index (χ0v) is 10.5. The Morgan fingerprint density at radius 1 is 1.69 bits per heavy atom. The molecule has 1 atom stereocenters. The van der Waals surface area contributed by atoms with E-state index in [1.54, 1.807) is 0 Å². The van der Waals surface area contributed by atoms with E-state index in [0.717, 1.165) is 18.7 Å². The smallest absolute Gasteiger partial charge is 0.102 e. The quantitative estimate of drug-likeness (QED) is 0.792. The maximum Gasteiger partial charge on any atom is 0.102 e. The second kappa shape index (κ2) is 5.09. The number of nitrogens with one attached hydrogen (secondary N) is 1. The van der Waals surface area contributed by atoms with Crippen molar-refractivity contribution in [2.45, 2.75) is 12.5 Å². The van der Waals surface area contributed by atoms with E-state index in [0.29, 0.717) is 6.10 Å². The number of hydrogen-bond acceptors (Lipinski definition) is 2. The van der Waals surface area contributed by atoms with Gasteiger partial charge in [0.2, 0.25) is 0 Å². The maximum atomic E-state index is 5.66. The molecule has 1 unspecified atom stereocenters. The van der Waals surface area contributed by atoms with E-state index in [4.69, 9.17) is 4.74 Å². The molecule has 1 aliphatic heterocycles. The molecule has 1 radical (unpaired) electrons. The minimum absolute atomic E-state index is 0. The van der Waals surface area contributed by atoms with Gasteiger partial charge in [0, 0.05) is 45.0 Å². The average Bonchev–Trinajstić information content (AvgIpc) is 2.47. The van der Waals surface area contributed by atoms with E-state index in [9.17, 15) is 0 Å². The van der Waals surface area contributed by atoms with E-state index in [1.165, 1.54) is 5.56 Å². The molecule has 13 heavy (non-hydrogen) atoms. The molecule has 0 amide bonds. The molecule has 1 aromatic carbocycles. The predicted molar refractivity (Wildman–Crippen MR) is 47.3 cm³/mol. The summed E-state index contributed by atoms with van der Waals surface area (Å²) in [7, 11) is 1.94. The molecule has 1 aliphatic rings. The van der Waals surface area contributed by atoms with Gasteiger partial charge in [0.15, 0.2) is 0 Å². The van der Waals surface area contributed by atoms with Gasteiger partial charge in [0.1, 0.15) is 6.10 Å². The number of ether oxygens (including phenoxy) is 1. The Morgan fingerprint density at radius 2 is 2.54 bits per heavy atom. The van der Waals surface area contributed by atoms with Gasteiger partial charge in [-0.3, -0.25) is 0 Å². The van der Waals surface area contributed by atoms with Gasteiger partial charge >= 0.3 is 0 Å². The minimum Gasteiger partial charge on any atom is -0.515 e. The van der Waals surface area contributed by atoms with Gasteiger partial charge in [-0.05, 0) is 13.5 Å². The SMILES string of the molecule is CNCC1Cc2c[c-]ccc2O1.[Y]. The van der Waals surface area contributed by atoms with E-state index in [1.807, 2.05) is 25.2 Å². The molecule has 0 aromatic heterocycles. The molecule has 0 fully saturated rings. The predicted octanol–water partition coefficient (Wildman–Crippen LogP) is 1.01. The summed E-state index contributed by atoms with van der Waals surface area (Å²) >= 11 is 0. The molecule has 2 nitrogen and oxygen atoms in total. The number of fused-ring (bicyclic) bond motifs is 1. The largest absolute Gasteiger partial charge is 0.515 e. The fourth-order valence-corrected chi connectivity index (χ4v) is 1.53. The van der Waals surface area contributed by atoms with Crippen LogP contribution in [0.15, 0.2) is 18.2 Å². The fraction of sp³-hybridized carbons (Fsp3) is 0.400. The molecule has 0 saturated carbocycles. The van der Waals surface area contributed by atoms with Crippen LogP contribution in [0, 0.1) is 6.07 Å². The van der Waals surface area contributed by atoms with Crippen molar-refractivity contribution in [3.63, 3.8) is 0 Å². The fourth-order valence-electron chi connectivity index (χ4n) is 1.53. The van der Waals surface area contributed by atoms with Crippen LogP contribution in [-0.4, -0.2) is 19.7 Å². The van der Waals surface area contributed by atoms with Gasteiger partial charge in [0.25, 0.3) is 0 Å². The third kappa shape index (κ3) is 2.52. The first-order valence-corrected chi connectivity index (χ1v) is 4.20. The summed E-state index contributed by atoms with van der Waals surface area (Å²) in [4.78, 5) is 0. The van der Waals surface area contributed by atoms with Crippen molar-refractivity contribution in [1.29, 1.82) is 0 Å². The Balaban J connectivity index is 0.000000845. The number of benzene rings is 1. The van der Waals surface area contributed by atoms with Gasteiger partial charge in [-0.25, -0.2) is 0 Å². The molecule has 1 heterocycles. The van der Waals surface area contributed by atoms with E-state index >= 15 is 0 Å². The molecule has 3 heteroatoms. The zero-order valence-electron chi connectivity index (χ0n) is 7.71. The Morgan fingerprint density at radius 3 is 3.23 bits per heavy atom. The van der Waals surface area contributed by atoms with Gasteiger partial charge < -0.3 is 10.1 Å². The Hall–Kier alpha value is 0.0839. The number of hydrogen-bond donors (Lipinski definition) is 1. The van der Waals surface area contributed by atoms with Crippen LogP contribution in [0.3, 0.4) is 0 Å². The molecule has 0 saturated heterocycles. The van der Waals surface area contributed by atoms with Crippen molar-refractivity contribution in [2.75, 3.05) is 13.6 Å². The van der Waals surface area contributed by atoms with Crippen LogP contribution in [0.4, 0.5) is 0 Å². The zero-order chi connectivity index (χ0) is 8.39. The Kier molecular flexibility index (Phi) is 4.37. The Labute approximate surface area is 104 Å². The van der Waals surface area contributed by atoms with Crippen LogP contribution in [0.25, 0.3) is 0 Å². The van der Waals surface area contributed by atoms with Gasteiger partial charge in [-0.1, -0.05) is 0 Å². The average molecular weight is 251 g/mol. The summed E-state index contributed by atoms with van der Waals surface area (Å²) in [5, 5.41) is 3.11. The topological polar surface area (TPSA) is 21.3 Å². The molecule has 0 aliphatic carbocycles. The normalized spacial score (nSPS) is 18.7. The maximum absolute atomic E-state index is 5.66. The van der Waals surface area contributed by atoms with Crippen molar-refractivity contribution in [2.24, 2.45) is 0 Å². The summed E-state index contributed by atoms with van der Waals surface area (Å²) in [5.41, 5.74) is 1.28. The van der Waals surface area contributed by atoms with E-state index in [-0.39, 0.29) is 32.7 Å². The van der Waals surface area contributed by atoms with Gasteiger partial charge in [-0.15, -0.1) is 11.6 Å². The number of rotatable bonds is 2. The van der Waals surface area contributed by atoms with Crippen LogP contribution >= 0.6 is 0 Å². The monoisotopic (exact) mass is 251 g/mol. The first-order chi connectivity index (χ1) is 5.90. The minimum atomic E-state index is 0. The van der Waals surface area contributed by atoms with Crippen molar-refractivity contribution in [3.8, 4) is 5.75 Å². The van der Waals surface area contributed by atoms with Crippen LogP contribution < -0.4 is 10.1 Å². The van der Waals surface area contributed by atoms with Crippen LogP contribution in [0.5, 0.6) is 5.75 Å². The molecule has 2 rings (SSSR count). The third-order valence-corrected chi connectivity index (χ3v) is 2.08. The van der Waals surface area contributed by atoms with Crippen molar-refractivity contribution in [1.82, 2.24) is 5.32 Å². The first kappa shape index (κ1) is 11.2. The number of likely N-dealkylation sites (N-methyl/N-ethyl adjacent to an activating group) is 1. The first-order valence-electron chi connectivity index (χ1n) is 4.20. The summed E-state index contributed by atoms with van der Waals surface area (Å²) in [6, 6.07) is 8.93. The molecule has 0 bridgehead atoms.